The summed E-state index contributed by atoms with van der Waals surface area (Å²) in [5.41, 5.74) is 0. The number of carbonyl (C=O) groups excluding carboxylic acids is 1. The molecule has 1 rings (SSSR count). The first-order valence-corrected chi connectivity index (χ1v) is 5.62. The molecular formula is C11H21NO2. The van der Waals surface area contributed by atoms with E-state index in [9.17, 15) is 4.79 Å². The average molecular weight is 199 g/mol. The number of unbranched alkanes of at least 4 members (excludes halogenated alkanes) is 1. The molecule has 3 heteroatoms. The molecule has 3 nitrogen and oxygen atoms in total. The standard InChI is InChI=1S/C11H21NO2/c1-3-4-8-12(2)11(13)10-7-5-6-9-14-10/h10H,3-9H2,1-2H3. The third kappa shape index (κ3) is 3.29. The summed E-state index contributed by atoms with van der Waals surface area (Å²) in [6.45, 7) is 3.74. The number of rotatable bonds is 4. The van der Waals surface area contributed by atoms with Crippen molar-refractivity contribution in [2.45, 2.75) is 45.1 Å². The molecule has 1 saturated heterocycles. The average Bonchev–Trinajstić information content (AvgIpc) is 2.26. The topological polar surface area (TPSA) is 29.5 Å². The lowest BCUT2D eigenvalue weighted by molar-refractivity contribution is -0.145. The molecule has 0 aromatic heterocycles. The van der Waals surface area contributed by atoms with Crippen LogP contribution in [0.3, 0.4) is 0 Å². The molecule has 0 aromatic rings. The smallest absolute Gasteiger partial charge is 0.251 e. The third-order valence-electron chi connectivity index (χ3n) is 2.68. The SMILES string of the molecule is CCCCN(C)C(=O)C1CCCCO1. The van der Waals surface area contributed by atoms with Crippen LogP contribution in [0.15, 0.2) is 0 Å². The minimum atomic E-state index is -0.161. The molecule has 1 aliphatic rings. The maximum absolute atomic E-state index is 11.8. The Morgan fingerprint density at radius 1 is 1.50 bits per heavy atom. The van der Waals surface area contributed by atoms with E-state index in [4.69, 9.17) is 4.74 Å². The second-order valence-corrected chi connectivity index (χ2v) is 3.97. The number of nitrogens with zero attached hydrogens (tertiary/aromatic N) is 1. The van der Waals surface area contributed by atoms with Crippen LogP contribution in [0.25, 0.3) is 0 Å². The molecule has 1 atom stereocenters. The first-order chi connectivity index (χ1) is 6.75. The van der Waals surface area contributed by atoms with E-state index in [-0.39, 0.29) is 12.0 Å². The van der Waals surface area contributed by atoms with Crippen LogP contribution in [0.1, 0.15) is 39.0 Å². The molecular weight excluding hydrogens is 178 g/mol. The van der Waals surface area contributed by atoms with E-state index in [2.05, 4.69) is 6.92 Å². The third-order valence-corrected chi connectivity index (χ3v) is 2.68. The number of likely N-dealkylation sites (N-methyl/N-ethyl adjacent to an activating group) is 1. The Labute approximate surface area is 86.4 Å². The Bertz CT molecular complexity index is 176. The molecule has 1 aliphatic heterocycles. The molecule has 1 unspecified atom stereocenters. The zero-order valence-corrected chi connectivity index (χ0v) is 9.29. The van der Waals surface area contributed by atoms with E-state index in [1.807, 2.05) is 7.05 Å². The highest BCUT2D eigenvalue weighted by Gasteiger charge is 2.24. The van der Waals surface area contributed by atoms with Gasteiger partial charge in [-0.2, -0.15) is 0 Å². The monoisotopic (exact) mass is 199 g/mol. The lowest BCUT2D eigenvalue weighted by Crippen LogP contribution is -2.40. The van der Waals surface area contributed by atoms with Gasteiger partial charge >= 0.3 is 0 Å². The maximum Gasteiger partial charge on any atom is 0.251 e. The van der Waals surface area contributed by atoms with E-state index in [0.29, 0.717) is 0 Å². The molecule has 0 spiro atoms. The quantitative estimate of drug-likeness (QED) is 0.691. The molecule has 0 aliphatic carbocycles. The molecule has 0 radical (unpaired) electrons. The van der Waals surface area contributed by atoms with Gasteiger partial charge in [0, 0.05) is 20.2 Å². The summed E-state index contributed by atoms with van der Waals surface area (Å²) in [4.78, 5) is 13.6. The predicted octanol–water partition coefficient (Wildman–Crippen LogP) is 1.81. The Balaban J connectivity index is 2.30. The van der Waals surface area contributed by atoms with E-state index >= 15 is 0 Å². The van der Waals surface area contributed by atoms with E-state index < -0.39 is 0 Å². The molecule has 0 aromatic carbocycles. The lowest BCUT2D eigenvalue weighted by atomic mass is 10.1. The van der Waals surface area contributed by atoms with Crippen LogP contribution in [-0.4, -0.2) is 37.1 Å². The zero-order valence-electron chi connectivity index (χ0n) is 9.29. The Morgan fingerprint density at radius 3 is 2.86 bits per heavy atom. The van der Waals surface area contributed by atoms with Crippen LogP contribution in [0, 0.1) is 0 Å². The minimum absolute atomic E-state index is 0.161. The highest BCUT2D eigenvalue weighted by molar-refractivity contribution is 5.80. The number of ether oxygens (including phenoxy) is 1. The van der Waals surface area contributed by atoms with Crippen molar-refractivity contribution in [3.8, 4) is 0 Å². The number of carbonyl (C=O) groups is 1. The van der Waals surface area contributed by atoms with Crippen molar-refractivity contribution < 1.29 is 9.53 Å². The Hall–Kier alpha value is -0.570. The first-order valence-electron chi connectivity index (χ1n) is 5.62. The largest absolute Gasteiger partial charge is 0.368 e. The summed E-state index contributed by atoms with van der Waals surface area (Å²) in [6, 6.07) is 0. The summed E-state index contributed by atoms with van der Waals surface area (Å²) in [6.07, 6.45) is 5.17. The number of hydrogen-bond donors (Lipinski definition) is 0. The van der Waals surface area contributed by atoms with Gasteiger partial charge in [-0.1, -0.05) is 13.3 Å². The molecule has 0 saturated carbocycles. The van der Waals surface area contributed by atoms with Crippen molar-refractivity contribution in [1.82, 2.24) is 4.90 Å². The van der Waals surface area contributed by atoms with Crippen LogP contribution in [0.2, 0.25) is 0 Å². The van der Waals surface area contributed by atoms with Gasteiger partial charge in [-0.15, -0.1) is 0 Å². The van der Waals surface area contributed by atoms with Gasteiger partial charge in [0.15, 0.2) is 0 Å². The first kappa shape index (κ1) is 11.5. The van der Waals surface area contributed by atoms with Gasteiger partial charge in [-0.05, 0) is 25.7 Å². The fourth-order valence-electron chi connectivity index (χ4n) is 1.69. The van der Waals surface area contributed by atoms with Gasteiger partial charge in [0.2, 0.25) is 0 Å². The van der Waals surface area contributed by atoms with E-state index in [1.54, 1.807) is 4.90 Å². The van der Waals surface area contributed by atoms with Gasteiger partial charge in [-0.3, -0.25) is 4.79 Å². The molecule has 1 amide bonds. The van der Waals surface area contributed by atoms with Gasteiger partial charge in [0.25, 0.3) is 5.91 Å². The normalized spacial score (nSPS) is 22.0. The van der Waals surface area contributed by atoms with Gasteiger partial charge in [0.1, 0.15) is 6.10 Å². The van der Waals surface area contributed by atoms with Crippen molar-refractivity contribution in [2.75, 3.05) is 20.2 Å². The zero-order chi connectivity index (χ0) is 10.4. The fraction of sp³-hybridized carbons (Fsp3) is 0.909. The number of amides is 1. The summed E-state index contributed by atoms with van der Waals surface area (Å²) in [5, 5.41) is 0. The summed E-state index contributed by atoms with van der Waals surface area (Å²) in [7, 11) is 1.87. The van der Waals surface area contributed by atoms with Crippen molar-refractivity contribution in [3.05, 3.63) is 0 Å². The van der Waals surface area contributed by atoms with Crippen molar-refractivity contribution in [2.24, 2.45) is 0 Å². The molecule has 1 fully saturated rings. The Morgan fingerprint density at radius 2 is 2.29 bits per heavy atom. The predicted molar refractivity (Wildman–Crippen MR) is 56.1 cm³/mol. The van der Waals surface area contributed by atoms with Gasteiger partial charge in [-0.25, -0.2) is 0 Å². The van der Waals surface area contributed by atoms with Crippen LogP contribution < -0.4 is 0 Å². The molecule has 1 heterocycles. The van der Waals surface area contributed by atoms with Crippen LogP contribution >= 0.6 is 0 Å². The van der Waals surface area contributed by atoms with Crippen molar-refractivity contribution in [3.63, 3.8) is 0 Å². The van der Waals surface area contributed by atoms with Gasteiger partial charge in [0.05, 0.1) is 0 Å². The fourth-order valence-corrected chi connectivity index (χ4v) is 1.69. The maximum atomic E-state index is 11.8. The second-order valence-electron chi connectivity index (χ2n) is 3.97. The molecule has 0 N–H and O–H groups in total. The highest BCUT2D eigenvalue weighted by atomic mass is 16.5. The van der Waals surface area contributed by atoms with Gasteiger partial charge < -0.3 is 9.64 Å². The summed E-state index contributed by atoms with van der Waals surface area (Å²) < 4.78 is 5.45. The molecule has 0 bridgehead atoms. The van der Waals surface area contributed by atoms with Crippen LogP contribution in [-0.2, 0) is 9.53 Å². The molecule has 14 heavy (non-hydrogen) atoms. The molecule has 82 valence electrons. The second kappa shape index (κ2) is 6.02. The van der Waals surface area contributed by atoms with Crippen molar-refractivity contribution >= 4 is 5.91 Å². The van der Waals surface area contributed by atoms with E-state index in [1.165, 1.54) is 0 Å². The highest BCUT2D eigenvalue weighted by Crippen LogP contribution is 2.14. The van der Waals surface area contributed by atoms with E-state index in [0.717, 1.165) is 45.3 Å². The Kier molecular flexibility index (Phi) is 4.94. The van der Waals surface area contributed by atoms with Crippen LogP contribution in [0.4, 0.5) is 0 Å². The summed E-state index contributed by atoms with van der Waals surface area (Å²) >= 11 is 0. The lowest BCUT2D eigenvalue weighted by Gasteiger charge is -2.26. The van der Waals surface area contributed by atoms with Crippen molar-refractivity contribution in [1.29, 1.82) is 0 Å². The van der Waals surface area contributed by atoms with Crippen LogP contribution in [0.5, 0.6) is 0 Å². The summed E-state index contributed by atoms with van der Waals surface area (Å²) in [5.74, 6) is 0.165. The number of hydrogen-bond acceptors (Lipinski definition) is 2. The minimum Gasteiger partial charge on any atom is -0.368 e.